The highest BCUT2D eigenvalue weighted by Gasteiger charge is 2.28. The quantitative estimate of drug-likeness (QED) is 0.831. The van der Waals surface area contributed by atoms with Crippen molar-refractivity contribution in [1.29, 1.82) is 0 Å². The van der Waals surface area contributed by atoms with Crippen molar-refractivity contribution in [2.45, 2.75) is 38.8 Å². The number of carbonyl (C=O) groups is 2. The number of hydrogen-bond donors (Lipinski definition) is 2. The summed E-state index contributed by atoms with van der Waals surface area (Å²) in [5, 5.41) is 2.76. The number of nitrogens with one attached hydrogen (secondary N) is 1. The highest BCUT2D eigenvalue weighted by Crippen LogP contribution is 2.23. The summed E-state index contributed by atoms with van der Waals surface area (Å²) < 4.78 is 0. The summed E-state index contributed by atoms with van der Waals surface area (Å²) in [6, 6.07) is 9.98. The van der Waals surface area contributed by atoms with Gasteiger partial charge in [0.25, 0.3) is 0 Å². The van der Waals surface area contributed by atoms with Crippen LogP contribution in [0, 0.1) is 5.92 Å². The second-order valence-electron chi connectivity index (χ2n) is 5.88. The second kappa shape index (κ2) is 7.94. The van der Waals surface area contributed by atoms with Crippen LogP contribution in [0.2, 0.25) is 0 Å². The summed E-state index contributed by atoms with van der Waals surface area (Å²) in [7, 11) is 0. The lowest BCUT2D eigenvalue weighted by molar-refractivity contribution is -0.134. The van der Waals surface area contributed by atoms with Crippen LogP contribution in [0.4, 0.5) is 0 Å². The molecule has 2 amide bonds. The number of hydrogen-bond acceptors (Lipinski definition) is 3. The van der Waals surface area contributed by atoms with E-state index in [1.54, 1.807) is 4.90 Å². The molecule has 1 aromatic rings. The van der Waals surface area contributed by atoms with Gasteiger partial charge in [-0.15, -0.1) is 0 Å². The van der Waals surface area contributed by atoms with Crippen molar-refractivity contribution in [3.63, 3.8) is 0 Å². The van der Waals surface area contributed by atoms with Gasteiger partial charge in [-0.1, -0.05) is 30.3 Å². The Balaban J connectivity index is 1.80. The standard InChI is InChI=1S/C17H25N3O2/c1-2-20(12-13-6-4-3-5-7-13)16(21)11-19-17(22)14-8-9-15(18)10-14/h3-7,14-15H,2,8-12,18H2,1H3,(H,19,22). The number of carbonyl (C=O) groups excluding carboxylic acids is 2. The highest BCUT2D eigenvalue weighted by atomic mass is 16.2. The van der Waals surface area contributed by atoms with Gasteiger partial charge in [0, 0.05) is 25.0 Å². The van der Waals surface area contributed by atoms with Gasteiger partial charge in [0.05, 0.1) is 6.54 Å². The van der Waals surface area contributed by atoms with Gasteiger partial charge in [0.2, 0.25) is 11.8 Å². The molecule has 0 heterocycles. The topological polar surface area (TPSA) is 75.4 Å². The van der Waals surface area contributed by atoms with Gasteiger partial charge in [-0.2, -0.15) is 0 Å². The van der Waals surface area contributed by atoms with E-state index in [-0.39, 0.29) is 30.3 Å². The Morgan fingerprint density at radius 3 is 2.59 bits per heavy atom. The molecular formula is C17H25N3O2. The number of nitrogens with zero attached hydrogens (tertiary/aromatic N) is 1. The lowest BCUT2D eigenvalue weighted by Gasteiger charge is -2.21. The molecule has 0 saturated heterocycles. The van der Waals surface area contributed by atoms with Crippen molar-refractivity contribution in [2.24, 2.45) is 11.7 Å². The average Bonchev–Trinajstić information content (AvgIpc) is 2.97. The maximum absolute atomic E-state index is 12.2. The van der Waals surface area contributed by atoms with Crippen LogP contribution in [0.5, 0.6) is 0 Å². The third kappa shape index (κ3) is 4.56. The Labute approximate surface area is 131 Å². The Bertz CT molecular complexity index is 504. The van der Waals surface area contributed by atoms with E-state index in [1.165, 1.54) is 0 Å². The van der Waals surface area contributed by atoms with Gasteiger partial charge in [-0.3, -0.25) is 9.59 Å². The molecule has 22 heavy (non-hydrogen) atoms. The zero-order chi connectivity index (χ0) is 15.9. The number of likely N-dealkylation sites (N-methyl/N-ethyl adjacent to an activating group) is 1. The minimum absolute atomic E-state index is 0.0352. The van der Waals surface area contributed by atoms with Crippen molar-refractivity contribution in [1.82, 2.24) is 10.2 Å². The van der Waals surface area contributed by atoms with Crippen molar-refractivity contribution in [3.05, 3.63) is 35.9 Å². The molecule has 1 aliphatic rings. The molecule has 1 aromatic carbocycles. The third-order valence-corrected chi connectivity index (χ3v) is 4.21. The van der Waals surface area contributed by atoms with Gasteiger partial charge in [-0.05, 0) is 31.7 Å². The van der Waals surface area contributed by atoms with Crippen LogP contribution in [-0.2, 0) is 16.1 Å². The molecule has 0 radical (unpaired) electrons. The Hall–Kier alpha value is -1.88. The first-order chi connectivity index (χ1) is 10.6. The molecule has 1 aliphatic carbocycles. The summed E-state index contributed by atoms with van der Waals surface area (Å²) in [4.78, 5) is 26.0. The lowest BCUT2D eigenvalue weighted by Crippen LogP contribution is -2.41. The normalized spacial score (nSPS) is 20.6. The monoisotopic (exact) mass is 303 g/mol. The molecule has 2 atom stereocenters. The van der Waals surface area contributed by atoms with Crippen LogP contribution < -0.4 is 11.1 Å². The summed E-state index contributed by atoms with van der Waals surface area (Å²) in [5.41, 5.74) is 6.91. The molecule has 3 N–H and O–H groups in total. The van der Waals surface area contributed by atoms with E-state index >= 15 is 0 Å². The van der Waals surface area contributed by atoms with E-state index < -0.39 is 0 Å². The molecule has 5 heteroatoms. The molecule has 0 spiro atoms. The molecule has 5 nitrogen and oxygen atoms in total. The lowest BCUT2D eigenvalue weighted by atomic mass is 10.1. The van der Waals surface area contributed by atoms with Crippen LogP contribution in [0.25, 0.3) is 0 Å². The van der Waals surface area contributed by atoms with Crippen molar-refractivity contribution < 1.29 is 9.59 Å². The molecule has 0 aromatic heterocycles. The van der Waals surface area contributed by atoms with E-state index in [0.29, 0.717) is 13.1 Å². The summed E-state index contributed by atoms with van der Waals surface area (Å²) in [6.45, 7) is 3.20. The van der Waals surface area contributed by atoms with E-state index in [4.69, 9.17) is 5.73 Å². The summed E-state index contributed by atoms with van der Waals surface area (Å²) in [6.07, 6.45) is 2.44. The van der Waals surface area contributed by atoms with Crippen LogP contribution in [0.1, 0.15) is 31.7 Å². The molecule has 1 saturated carbocycles. The average molecular weight is 303 g/mol. The van der Waals surface area contributed by atoms with Gasteiger partial charge in [-0.25, -0.2) is 0 Å². The largest absolute Gasteiger partial charge is 0.347 e. The predicted octanol–water partition coefficient (Wildman–Crippen LogP) is 1.28. The Morgan fingerprint density at radius 1 is 1.27 bits per heavy atom. The van der Waals surface area contributed by atoms with Crippen molar-refractivity contribution >= 4 is 11.8 Å². The van der Waals surface area contributed by atoms with E-state index in [9.17, 15) is 9.59 Å². The maximum Gasteiger partial charge on any atom is 0.242 e. The molecule has 2 rings (SSSR count). The smallest absolute Gasteiger partial charge is 0.242 e. The molecule has 1 fully saturated rings. The minimum Gasteiger partial charge on any atom is -0.347 e. The minimum atomic E-state index is -0.0537. The van der Waals surface area contributed by atoms with E-state index in [0.717, 1.165) is 24.8 Å². The second-order valence-corrected chi connectivity index (χ2v) is 5.88. The van der Waals surface area contributed by atoms with Crippen molar-refractivity contribution in [3.8, 4) is 0 Å². The number of benzene rings is 1. The first kappa shape index (κ1) is 16.5. The fraction of sp³-hybridized carbons (Fsp3) is 0.529. The third-order valence-electron chi connectivity index (χ3n) is 4.21. The SMILES string of the molecule is CCN(Cc1ccccc1)C(=O)CNC(=O)C1CCC(N)C1. The fourth-order valence-corrected chi connectivity index (χ4v) is 2.85. The van der Waals surface area contributed by atoms with E-state index in [1.807, 2.05) is 37.3 Å². The van der Waals surface area contributed by atoms with Gasteiger partial charge < -0.3 is 16.0 Å². The Morgan fingerprint density at radius 2 is 2.00 bits per heavy atom. The van der Waals surface area contributed by atoms with Gasteiger partial charge in [0.1, 0.15) is 0 Å². The Kier molecular flexibility index (Phi) is 5.95. The maximum atomic E-state index is 12.2. The number of rotatable bonds is 6. The zero-order valence-corrected chi connectivity index (χ0v) is 13.1. The fourth-order valence-electron chi connectivity index (χ4n) is 2.85. The van der Waals surface area contributed by atoms with Crippen molar-refractivity contribution in [2.75, 3.05) is 13.1 Å². The molecule has 0 bridgehead atoms. The van der Waals surface area contributed by atoms with Gasteiger partial charge in [0.15, 0.2) is 0 Å². The summed E-state index contributed by atoms with van der Waals surface area (Å²) in [5.74, 6) is -0.133. The van der Waals surface area contributed by atoms with Crippen LogP contribution in [-0.4, -0.2) is 35.8 Å². The molecule has 2 unspecified atom stereocenters. The number of amides is 2. The van der Waals surface area contributed by atoms with Crippen LogP contribution >= 0.6 is 0 Å². The van der Waals surface area contributed by atoms with Crippen LogP contribution in [0.15, 0.2) is 30.3 Å². The molecular weight excluding hydrogens is 278 g/mol. The first-order valence-corrected chi connectivity index (χ1v) is 7.95. The zero-order valence-electron chi connectivity index (χ0n) is 13.1. The van der Waals surface area contributed by atoms with Gasteiger partial charge >= 0.3 is 0 Å². The first-order valence-electron chi connectivity index (χ1n) is 7.95. The molecule has 0 aliphatic heterocycles. The predicted molar refractivity (Wildman–Crippen MR) is 85.9 cm³/mol. The highest BCUT2D eigenvalue weighted by molar-refractivity contribution is 5.86. The summed E-state index contributed by atoms with van der Waals surface area (Å²) >= 11 is 0. The van der Waals surface area contributed by atoms with E-state index in [2.05, 4.69) is 5.32 Å². The number of nitrogens with two attached hydrogens (primary N) is 1. The van der Waals surface area contributed by atoms with Crippen LogP contribution in [0.3, 0.4) is 0 Å². The molecule has 120 valence electrons.